The summed E-state index contributed by atoms with van der Waals surface area (Å²) in [5.74, 6) is 2.85. The van der Waals surface area contributed by atoms with Crippen LogP contribution < -0.4 is 10.6 Å². The van der Waals surface area contributed by atoms with Crippen LogP contribution in [0.15, 0.2) is 11.6 Å². The Balaban J connectivity index is 1.88. The van der Waals surface area contributed by atoms with Crippen molar-refractivity contribution in [2.45, 2.75) is 19.8 Å². The van der Waals surface area contributed by atoms with Crippen LogP contribution >= 0.6 is 11.3 Å². The van der Waals surface area contributed by atoms with Crippen LogP contribution in [0.25, 0.3) is 4.96 Å². The van der Waals surface area contributed by atoms with Crippen LogP contribution in [0.3, 0.4) is 0 Å². The third-order valence-corrected chi connectivity index (χ3v) is 4.62. The van der Waals surface area contributed by atoms with Gasteiger partial charge in [-0.3, -0.25) is 4.40 Å². The van der Waals surface area contributed by atoms with E-state index in [2.05, 4.69) is 34.8 Å². The van der Waals surface area contributed by atoms with Crippen LogP contribution in [0.2, 0.25) is 0 Å². The van der Waals surface area contributed by atoms with Crippen LogP contribution in [0.5, 0.6) is 0 Å². The van der Waals surface area contributed by atoms with Crippen molar-refractivity contribution in [2.75, 3.05) is 25.0 Å². The molecular weight excluding hydrogens is 244 g/mol. The molecule has 2 unspecified atom stereocenters. The van der Waals surface area contributed by atoms with E-state index in [1.807, 2.05) is 0 Å². The summed E-state index contributed by atoms with van der Waals surface area (Å²) in [7, 11) is 2.15. The standard InChI is InChI=1S/C13H20N4S/c1-9-7-10(9)8-16(2)12-11(3-4-14)17-5-6-18-13(17)15-12/h5-6,9-10H,3-4,7-8,14H2,1-2H3. The summed E-state index contributed by atoms with van der Waals surface area (Å²) in [6.45, 7) is 4.11. The van der Waals surface area contributed by atoms with Gasteiger partial charge in [-0.05, 0) is 24.8 Å². The Morgan fingerprint density at radius 1 is 1.61 bits per heavy atom. The largest absolute Gasteiger partial charge is 0.358 e. The van der Waals surface area contributed by atoms with Crippen molar-refractivity contribution in [3.8, 4) is 0 Å². The first-order valence-corrected chi connectivity index (χ1v) is 7.44. The second-order valence-electron chi connectivity index (χ2n) is 5.33. The predicted octanol–water partition coefficient (Wildman–Crippen LogP) is 1.99. The molecule has 0 saturated heterocycles. The van der Waals surface area contributed by atoms with Gasteiger partial charge in [0.15, 0.2) is 10.8 Å². The van der Waals surface area contributed by atoms with Gasteiger partial charge in [0, 0.05) is 31.6 Å². The van der Waals surface area contributed by atoms with E-state index in [0.29, 0.717) is 6.54 Å². The lowest BCUT2D eigenvalue weighted by atomic mass is 10.2. The molecule has 2 aromatic heterocycles. The van der Waals surface area contributed by atoms with Crippen LogP contribution in [-0.4, -0.2) is 29.5 Å². The highest BCUT2D eigenvalue weighted by atomic mass is 32.1. The van der Waals surface area contributed by atoms with E-state index in [0.717, 1.165) is 35.6 Å². The second kappa shape index (κ2) is 4.55. The minimum Gasteiger partial charge on any atom is -0.358 e. The molecule has 1 fully saturated rings. The molecule has 4 nitrogen and oxygen atoms in total. The van der Waals surface area contributed by atoms with Gasteiger partial charge in [0.1, 0.15) is 0 Å². The molecule has 1 saturated carbocycles. The maximum atomic E-state index is 5.73. The lowest BCUT2D eigenvalue weighted by Crippen LogP contribution is -2.23. The summed E-state index contributed by atoms with van der Waals surface area (Å²) in [5.41, 5.74) is 6.98. The Labute approximate surface area is 111 Å². The molecule has 98 valence electrons. The Bertz CT molecular complexity index is 544. The van der Waals surface area contributed by atoms with Crippen LogP contribution in [0, 0.1) is 11.8 Å². The molecule has 5 heteroatoms. The monoisotopic (exact) mass is 264 g/mol. The number of hydrogen-bond acceptors (Lipinski definition) is 4. The molecule has 0 amide bonds. The highest BCUT2D eigenvalue weighted by molar-refractivity contribution is 7.15. The zero-order valence-corrected chi connectivity index (χ0v) is 11.8. The summed E-state index contributed by atoms with van der Waals surface area (Å²) in [6, 6.07) is 0. The number of nitrogens with zero attached hydrogens (tertiary/aromatic N) is 3. The second-order valence-corrected chi connectivity index (χ2v) is 6.20. The average molecular weight is 264 g/mol. The number of fused-ring (bicyclic) bond motifs is 1. The Morgan fingerprint density at radius 3 is 3.06 bits per heavy atom. The number of thiazole rings is 1. The Morgan fingerprint density at radius 2 is 2.39 bits per heavy atom. The van der Waals surface area contributed by atoms with E-state index >= 15 is 0 Å². The molecule has 1 aliphatic carbocycles. The number of hydrogen-bond donors (Lipinski definition) is 1. The Kier molecular flexibility index (Phi) is 3.03. The molecular formula is C13H20N4S. The molecule has 0 bridgehead atoms. The highest BCUT2D eigenvalue weighted by Gasteiger charge is 2.34. The maximum absolute atomic E-state index is 5.73. The lowest BCUT2D eigenvalue weighted by molar-refractivity contribution is 0.716. The summed E-state index contributed by atoms with van der Waals surface area (Å²) in [6.07, 6.45) is 4.34. The van der Waals surface area contributed by atoms with Gasteiger partial charge in [-0.25, -0.2) is 4.98 Å². The molecule has 0 aromatic carbocycles. The zero-order chi connectivity index (χ0) is 12.7. The third kappa shape index (κ3) is 2.01. The predicted molar refractivity (Wildman–Crippen MR) is 76.4 cm³/mol. The molecule has 2 aromatic rings. The van der Waals surface area contributed by atoms with Gasteiger partial charge in [0.2, 0.25) is 0 Å². The SMILES string of the molecule is CC1CC1CN(C)c1nc2sccn2c1CCN. The fraction of sp³-hybridized carbons (Fsp3) is 0.615. The number of anilines is 1. The molecule has 2 N–H and O–H groups in total. The van der Waals surface area contributed by atoms with Crippen molar-refractivity contribution >= 4 is 22.1 Å². The van der Waals surface area contributed by atoms with Gasteiger partial charge in [-0.1, -0.05) is 6.92 Å². The summed E-state index contributed by atoms with van der Waals surface area (Å²) in [4.78, 5) is 8.13. The zero-order valence-electron chi connectivity index (χ0n) is 11.0. The van der Waals surface area contributed by atoms with E-state index < -0.39 is 0 Å². The van der Waals surface area contributed by atoms with E-state index in [1.165, 1.54) is 12.1 Å². The summed E-state index contributed by atoms with van der Waals surface area (Å²) < 4.78 is 2.18. The highest BCUT2D eigenvalue weighted by Crippen LogP contribution is 2.39. The van der Waals surface area contributed by atoms with Gasteiger partial charge >= 0.3 is 0 Å². The number of rotatable bonds is 5. The van der Waals surface area contributed by atoms with E-state index in [-0.39, 0.29) is 0 Å². The summed E-state index contributed by atoms with van der Waals surface area (Å²) >= 11 is 1.69. The third-order valence-electron chi connectivity index (χ3n) is 3.87. The van der Waals surface area contributed by atoms with E-state index in [1.54, 1.807) is 11.3 Å². The van der Waals surface area contributed by atoms with Crippen molar-refractivity contribution in [1.82, 2.24) is 9.38 Å². The van der Waals surface area contributed by atoms with Crippen molar-refractivity contribution in [1.29, 1.82) is 0 Å². The molecule has 3 rings (SSSR count). The first kappa shape index (κ1) is 12.0. The first-order valence-electron chi connectivity index (χ1n) is 6.56. The molecule has 2 heterocycles. The molecule has 1 aliphatic rings. The van der Waals surface area contributed by atoms with Crippen LogP contribution in [0.1, 0.15) is 19.0 Å². The van der Waals surface area contributed by atoms with Gasteiger partial charge in [0.25, 0.3) is 0 Å². The average Bonchev–Trinajstić information content (AvgIpc) is 2.79. The Hall–Kier alpha value is -1.07. The normalized spacial score (nSPS) is 22.6. The topological polar surface area (TPSA) is 46.6 Å². The smallest absolute Gasteiger partial charge is 0.195 e. The minimum absolute atomic E-state index is 0.671. The molecule has 2 atom stereocenters. The van der Waals surface area contributed by atoms with Crippen molar-refractivity contribution in [3.05, 3.63) is 17.3 Å². The quantitative estimate of drug-likeness (QED) is 0.898. The fourth-order valence-electron chi connectivity index (χ4n) is 2.59. The summed E-state index contributed by atoms with van der Waals surface area (Å²) in [5, 5.41) is 2.08. The number of nitrogens with two attached hydrogens (primary N) is 1. The number of aromatic nitrogens is 2. The van der Waals surface area contributed by atoms with Crippen molar-refractivity contribution < 1.29 is 0 Å². The van der Waals surface area contributed by atoms with Crippen molar-refractivity contribution in [2.24, 2.45) is 17.6 Å². The van der Waals surface area contributed by atoms with Gasteiger partial charge in [-0.15, -0.1) is 11.3 Å². The van der Waals surface area contributed by atoms with E-state index in [9.17, 15) is 0 Å². The van der Waals surface area contributed by atoms with E-state index in [4.69, 9.17) is 10.7 Å². The molecule has 0 aliphatic heterocycles. The van der Waals surface area contributed by atoms with Gasteiger partial charge < -0.3 is 10.6 Å². The molecule has 0 spiro atoms. The minimum atomic E-state index is 0.671. The lowest BCUT2D eigenvalue weighted by Gasteiger charge is -2.18. The van der Waals surface area contributed by atoms with Gasteiger partial charge in [-0.2, -0.15) is 0 Å². The molecule has 0 radical (unpaired) electrons. The number of imidazole rings is 1. The van der Waals surface area contributed by atoms with Crippen molar-refractivity contribution in [3.63, 3.8) is 0 Å². The first-order chi connectivity index (χ1) is 8.70. The molecule has 18 heavy (non-hydrogen) atoms. The van der Waals surface area contributed by atoms with Gasteiger partial charge in [0.05, 0.1) is 5.69 Å². The van der Waals surface area contributed by atoms with Crippen LogP contribution in [0.4, 0.5) is 5.82 Å². The van der Waals surface area contributed by atoms with Crippen LogP contribution in [-0.2, 0) is 6.42 Å². The maximum Gasteiger partial charge on any atom is 0.195 e. The fourth-order valence-corrected chi connectivity index (χ4v) is 3.32.